The molecule has 0 bridgehead atoms. The highest BCUT2D eigenvalue weighted by atomic mass is 16.2. The van der Waals surface area contributed by atoms with E-state index in [-0.39, 0.29) is 5.91 Å². The van der Waals surface area contributed by atoms with Crippen LogP contribution in [0.3, 0.4) is 0 Å². The lowest BCUT2D eigenvalue weighted by molar-refractivity contribution is -0.130. The highest BCUT2D eigenvalue weighted by molar-refractivity contribution is 5.73. The maximum atomic E-state index is 11.7. The summed E-state index contributed by atoms with van der Waals surface area (Å²) in [6, 6.07) is 3.11. The summed E-state index contributed by atoms with van der Waals surface area (Å²) in [5.41, 5.74) is 1.06. The minimum atomic E-state index is 0.204. The summed E-state index contributed by atoms with van der Waals surface area (Å²) in [6.07, 6.45) is 8.33. The topological polar surface area (TPSA) is 64.6 Å². The number of likely N-dealkylation sites (tertiary alicyclic amines) is 1. The molecule has 1 amide bonds. The number of nitrogens with zero attached hydrogens (tertiary/aromatic N) is 5. The summed E-state index contributed by atoms with van der Waals surface area (Å²) in [7, 11) is 0. The van der Waals surface area contributed by atoms with Crippen molar-refractivity contribution < 1.29 is 4.79 Å². The van der Waals surface area contributed by atoms with Gasteiger partial charge in [0.05, 0.1) is 0 Å². The summed E-state index contributed by atoms with van der Waals surface area (Å²) in [5, 5.41) is 3.83. The fourth-order valence-electron chi connectivity index (χ4n) is 4.94. The second-order valence-electron chi connectivity index (χ2n) is 8.95. The van der Waals surface area contributed by atoms with Gasteiger partial charge in [0.15, 0.2) is 0 Å². The van der Waals surface area contributed by atoms with Crippen molar-refractivity contribution in [3.05, 3.63) is 11.8 Å². The molecule has 3 aliphatic heterocycles. The number of anilines is 2. The maximum absolute atomic E-state index is 11.7. The molecule has 1 aromatic heterocycles. The lowest BCUT2D eigenvalue weighted by atomic mass is 10.00. The Morgan fingerprint density at radius 3 is 2.41 bits per heavy atom. The van der Waals surface area contributed by atoms with Crippen LogP contribution >= 0.6 is 0 Å². The summed E-state index contributed by atoms with van der Waals surface area (Å²) < 4.78 is 0. The molecule has 29 heavy (non-hydrogen) atoms. The number of hydrogen-bond acceptors (Lipinski definition) is 6. The smallest absolute Gasteiger partial charge is 0.227 e. The van der Waals surface area contributed by atoms with E-state index >= 15 is 0 Å². The number of rotatable bonds is 4. The van der Waals surface area contributed by atoms with Gasteiger partial charge in [-0.15, -0.1) is 0 Å². The molecular formula is C22H36N6O. The Morgan fingerprint density at radius 1 is 0.931 bits per heavy atom. The largest absolute Gasteiger partial charge is 0.356 e. The van der Waals surface area contributed by atoms with Crippen molar-refractivity contribution in [1.82, 2.24) is 20.2 Å². The van der Waals surface area contributed by atoms with Crippen LogP contribution in [0.5, 0.6) is 0 Å². The van der Waals surface area contributed by atoms with Crippen LogP contribution in [0.4, 0.5) is 11.8 Å². The van der Waals surface area contributed by atoms with E-state index in [9.17, 15) is 4.79 Å². The SMILES string of the molecule is CC(=O)N1CCC[C@@H](NC2CCN(c3cc(C)nc(N4CCCCC4)n3)CC2)C1. The zero-order chi connectivity index (χ0) is 20.2. The average molecular weight is 401 g/mol. The van der Waals surface area contributed by atoms with Crippen molar-refractivity contribution in [2.45, 2.75) is 70.9 Å². The first-order chi connectivity index (χ1) is 14.1. The van der Waals surface area contributed by atoms with E-state index in [1.54, 1.807) is 6.92 Å². The Kier molecular flexibility index (Phi) is 6.53. The van der Waals surface area contributed by atoms with Gasteiger partial charge in [-0.2, -0.15) is 4.98 Å². The Bertz CT molecular complexity index is 697. The van der Waals surface area contributed by atoms with Gasteiger partial charge in [-0.25, -0.2) is 4.98 Å². The summed E-state index contributed by atoms with van der Waals surface area (Å²) >= 11 is 0. The lowest BCUT2D eigenvalue weighted by Gasteiger charge is -2.38. The van der Waals surface area contributed by atoms with E-state index in [2.05, 4.69) is 28.1 Å². The number of nitrogens with one attached hydrogen (secondary N) is 1. The Balaban J connectivity index is 1.32. The van der Waals surface area contributed by atoms with Gasteiger partial charge in [-0.1, -0.05) is 0 Å². The molecular weight excluding hydrogens is 364 g/mol. The fraction of sp³-hybridized carbons (Fsp3) is 0.773. The van der Waals surface area contributed by atoms with Crippen LogP contribution in [0.1, 0.15) is 57.6 Å². The minimum Gasteiger partial charge on any atom is -0.356 e. The van der Waals surface area contributed by atoms with Crippen molar-refractivity contribution in [2.75, 3.05) is 49.1 Å². The Morgan fingerprint density at radius 2 is 1.69 bits per heavy atom. The quantitative estimate of drug-likeness (QED) is 0.837. The first kappa shape index (κ1) is 20.4. The molecule has 1 aromatic rings. The second kappa shape index (κ2) is 9.28. The summed E-state index contributed by atoms with van der Waals surface area (Å²) in [4.78, 5) is 28.1. The number of piperidine rings is 3. The third-order valence-electron chi connectivity index (χ3n) is 6.62. The average Bonchev–Trinajstić information content (AvgIpc) is 2.75. The minimum absolute atomic E-state index is 0.204. The molecule has 4 heterocycles. The van der Waals surface area contributed by atoms with Crippen LogP contribution in [0, 0.1) is 6.92 Å². The highest BCUT2D eigenvalue weighted by Crippen LogP contribution is 2.24. The lowest BCUT2D eigenvalue weighted by Crippen LogP contribution is -2.52. The molecule has 1 atom stereocenters. The third kappa shape index (κ3) is 5.18. The molecule has 0 aliphatic carbocycles. The predicted molar refractivity (Wildman–Crippen MR) is 116 cm³/mol. The molecule has 0 unspecified atom stereocenters. The van der Waals surface area contributed by atoms with E-state index in [1.807, 2.05) is 4.90 Å². The van der Waals surface area contributed by atoms with Gasteiger partial charge in [0.2, 0.25) is 11.9 Å². The third-order valence-corrected chi connectivity index (χ3v) is 6.62. The normalized spacial score (nSPS) is 24.1. The molecule has 0 spiro atoms. The van der Waals surface area contributed by atoms with Crippen LogP contribution in [0.2, 0.25) is 0 Å². The van der Waals surface area contributed by atoms with E-state index in [0.29, 0.717) is 12.1 Å². The van der Waals surface area contributed by atoms with Crippen LogP contribution in [0.15, 0.2) is 6.07 Å². The molecule has 0 aromatic carbocycles. The van der Waals surface area contributed by atoms with Gasteiger partial charge in [0.1, 0.15) is 5.82 Å². The number of hydrogen-bond donors (Lipinski definition) is 1. The monoisotopic (exact) mass is 400 g/mol. The van der Waals surface area contributed by atoms with Gasteiger partial charge in [0.25, 0.3) is 0 Å². The van der Waals surface area contributed by atoms with Gasteiger partial charge in [-0.05, 0) is 51.9 Å². The van der Waals surface area contributed by atoms with Gasteiger partial charge >= 0.3 is 0 Å². The van der Waals surface area contributed by atoms with Gasteiger partial charge in [-0.3, -0.25) is 4.79 Å². The van der Waals surface area contributed by atoms with Gasteiger partial charge in [0, 0.05) is 70.0 Å². The zero-order valence-corrected chi connectivity index (χ0v) is 18.1. The van der Waals surface area contributed by atoms with E-state index in [0.717, 1.165) is 76.0 Å². The molecule has 3 aliphatic rings. The molecule has 0 radical (unpaired) electrons. The van der Waals surface area contributed by atoms with Crippen molar-refractivity contribution in [3.63, 3.8) is 0 Å². The van der Waals surface area contributed by atoms with Crippen molar-refractivity contribution in [1.29, 1.82) is 0 Å². The first-order valence-electron chi connectivity index (χ1n) is 11.5. The zero-order valence-electron chi connectivity index (χ0n) is 18.1. The molecule has 7 nitrogen and oxygen atoms in total. The number of carbonyl (C=O) groups is 1. The van der Waals surface area contributed by atoms with E-state index in [4.69, 9.17) is 9.97 Å². The molecule has 4 rings (SSSR count). The van der Waals surface area contributed by atoms with Crippen molar-refractivity contribution in [2.24, 2.45) is 0 Å². The van der Waals surface area contributed by atoms with Gasteiger partial charge < -0.3 is 20.0 Å². The Hall–Kier alpha value is -1.89. The van der Waals surface area contributed by atoms with Crippen LogP contribution in [-0.4, -0.2) is 72.1 Å². The maximum Gasteiger partial charge on any atom is 0.227 e. The molecule has 0 saturated carbocycles. The molecule has 7 heteroatoms. The van der Waals surface area contributed by atoms with E-state index in [1.165, 1.54) is 25.7 Å². The van der Waals surface area contributed by atoms with Crippen LogP contribution < -0.4 is 15.1 Å². The standard InChI is InChI=1S/C22H36N6O/c1-17-15-21(25-22(23-17)27-10-4-3-5-11-27)26-13-8-19(9-14-26)24-20-7-6-12-28(16-20)18(2)29/h15,19-20,24H,3-14,16H2,1-2H3/t20-/m1/s1. The molecule has 3 fully saturated rings. The Labute approximate surface area is 174 Å². The number of aromatic nitrogens is 2. The van der Waals surface area contributed by atoms with Crippen molar-refractivity contribution in [3.8, 4) is 0 Å². The summed E-state index contributed by atoms with van der Waals surface area (Å²) in [5.74, 6) is 2.19. The highest BCUT2D eigenvalue weighted by Gasteiger charge is 2.27. The fourth-order valence-corrected chi connectivity index (χ4v) is 4.94. The number of carbonyl (C=O) groups excluding carboxylic acids is 1. The van der Waals surface area contributed by atoms with Crippen LogP contribution in [0.25, 0.3) is 0 Å². The molecule has 3 saturated heterocycles. The number of amides is 1. The molecule has 1 N–H and O–H groups in total. The van der Waals surface area contributed by atoms with Crippen LogP contribution in [-0.2, 0) is 4.79 Å². The second-order valence-corrected chi connectivity index (χ2v) is 8.95. The summed E-state index contributed by atoms with van der Waals surface area (Å²) in [6.45, 7) is 9.74. The number of aryl methyl sites for hydroxylation is 1. The first-order valence-corrected chi connectivity index (χ1v) is 11.5. The van der Waals surface area contributed by atoms with Crippen molar-refractivity contribution >= 4 is 17.7 Å². The van der Waals surface area contributed by atoms with E-state index < -0.39 is 0 Å². The predicted octanol–water partition coefficient (Wildman–Crippen LogP) is 2.34. The molecule has 160 valence electrons.